The van der Waals surface area contributed by atoms with Crippen molar-refractivity contribution < 1.29 is 123 Å². The maximum atomic E-state index is 13.5. The van der Waals surface area contributed by atoms with E-state index in [2.05, 4.69) is 0 Å². The summed E-state index contributed by atoms with van der Waals surface area (Å²) in [6.45, 7) is 0. The normalized spacial score (nSPS) is 18.0. The van der Waals surface area contributed by atoms with Crippen molar-refractivity contribution in [2.24, 2.45) is 0 Å². The largest absolute Gasteiger partial charge is 2.00 e. The van der Waals surface area contributed by atoms with Crippen LogP contribution in [-0.2, 0) is 10.1 Å². The van der Waals surface area contributed by atoms with Gasteiger partial charge in [0.05, 0.1) is 0 Å². The molecule has 30 heteroatoms. The van der Waals surface area contributed by atoms with Crippen LogP contribution < -0.4 is 0 Å². The second-order valence-electron chi connectivity index (χ2n) is 7.21. The first-order valence-corrected chi connectivity index (χ1v) is 9.59. The Bertz CT molecular complexity index is 1100. The first-order chi connectivity index (χ1) is 17.0. The Morgan fingerprint density at radius 3 is 0.619 bits per heavy atom. The number of halogens is 25. The topological polar surface area (TPSA) is 57.2 Å². The van der Waals surface area contributed by atoms with E-state index in [9.17, 15) is 123 Å². The molecule has 0 aromatic carbocycles. The van der Waals surface area contributed by atoms with E-state index in [-0.39, 0.29) is 37.7 Å². The molecular formula is C12CaF25O3S+. The van der Waals surface area contributed by atoms with Crippen LogP contribution >= 0.6 is 0 Å². The van der Waals surface area contributed by atoms with E-state index in [1.54, 1.807) is 0 Å². The van der Waals surface area contributed by atoms with Gasteiger partial charge in [0, 0.05) is 0 Å². The van der Waals surface area contributed by atoms with Crippen molar-refractivity contribution in [3.05, 3.63) is 0 Å². The van der Waals surface area contributed by atoms with Gasteiger partial charge >= 0.3 is 108 Å². The number of rotatable bonds is 10. The van der Waals surface area contributed by atoms with E-state index in [1.165, 1.54) is 0 Å². The van der Waals surface area contributed by atoms with Crippen molar-refractivity contribution in [1.29, 1.82) is 0 Å². The molecule has 0 bridgehead atoms. The van der Waals surface area contributed by atoms with Crippen molar-refractivity contribution in [2.45, 2.75) is 70.7 Å². The molecule has 0 aliphatic heterocycles. The Hall–Kier alpha value is -0.580. The molecule has 0 N–H and O–H groups in total. The predicted molar refractivity (Wildman–Crippen MR) is 75.9 cm³/mol. The fraction of sp³-hybridized carbons (Fsp3) is 1.00. The molecule has 0 radical (unpaired) electrons. The molecule has 0 aromatic rings. The van der Waals surface area contributed by atoms with Crippen molar-refractivity contribution in [3.63, 3.8) is 0 Å². The number of hydrogen-bond acceptors (Lipinski definition) is 3. The number of alkyl halides is 25. The van der Waals surface area contributed by atoms with E-state index in [0.29, 0.717) is 0 Å². The van der Waals surface area contributed by atoms with E-state index >= 15 is 0 Å². The molecule has 3 nitrogen and oxygen atoms in total. The summed E-state index contributed by atoms with van der Waals surface area (Å²) < 4.78 is 357. The average molecular weight is 739 g/mol. The van der Waals surface area contributed by atoms with Gasteiger partial charge in [0.2, 0.25) is 0 Å². The van der Waals surface area contributed by atoms with Crippen LogP contribution in [0.15, 0.2) is 0 Å². The van der Waals surface area contributed by atoms with Crippen molar-refractivity contribution in [1.82, 2.24) is 0 Å². The molecule has 42 heavy (non-hydrogen) atoms. The van der Waals surface area contributed by atoms with Gasteiger partial charge in [-0.3, -0.25) is 0 Å². The molecule has 0 saturated heterocycles. The number of hydrogen-bond donors (Lipinski definition) is 0. The van der Waals surface area contributed by atoms with Crippen LogP contribution in [0.3, 0.4) is 0 Å². The van der Waals surface area contributed by atoms with Gasteiger partial charge in [0.15, 0.2) is 0 Å². The molecule has 248 valence electrons. The zero-order chi connectivity index (χ0) is 34.5. The quantitative estimate of drug-likeness (QED) is 0.143. The van der Waals surface area contributed by atoms with Gasteiger partial charge in [-0.05, 0) is 0 Å². The summed E-state index contributed by atoms with van der Waals surface area (Å²) in [5, 5.41) is -8.82. The summed E-state index contributed by atoms with van der Waals surface area (Å²) in [6.07, 6.45) is -16.7. The van der Waals surface area contributed by atoms with Gasteiger partial charge < -0.3 is 4.55 Å². The van der Waals surface area contributed by atoms with Crippen molar-refractivity contribution in [2.75, 3.05) is 0 Å². The van der Waals surface area contributed by atoms with Gasteiger partial charge in [-0.15, -0.1) is 0 Å². The smallest absolute Gasteiger partial charge is 0.745 e. The Kier molecular flexibility index (Phi) is 10.9. The molecule has 0 spiro atoms. The van der Waals surface area contributed by atoms with Gasteiger partial charge in [-0.1, -0.05) is 0 Å². The molecule has 0 aliphatic rings. The van der Waals surface area contributed by atoms with Crippen LogP contribution in [0.1, 0.15) is 0 Å². The third kappa shape index (κ3) is 5.04. The molecule has 0 heterocycles. The van der Waals surface area contributed by atoms with E-state index < -0.39 is 80.8 Å². The molecule has 0 aliphatic carbocycles. The summed E-state index contributed by atoms with van der Waals surface area (Å²) in [4.78, 5) is 0. The first-order valence-electron chi connectivity index (χ1n) is 8.18. The Morgan fingerprint density at radius 1 is 0.310 bits per heavy atom. The van der Waals surface area contributed by atoms with Crippen LogP contribution in [0.25, 0.3) is 0 Å². The second-order valence-corrected chi connectivity index (χ2v) is 8.69. The SMILES string of the molecule is O=S(=O)([O-])C(F)(C(F)(F)F)C(F)(F)C(F)(F)C(F)(F)C(F)(F)C(F)(F)C(F)(F)C(F)(F)C(F)(F)C(F)(F)C(F)(F)F.[Ca+2]. The van der Waals surface area contributed by atoms with Gasteiger partial charge in [0.1, 0.15) is 10.1 Å². The van der Waals surface area contributed by atoms with Crippen LogP contribution in [-0.4, -0.2) is 121 Å². The maximum absolute atomic E-state index is 13.5. The predicted octanol–water partition coefficient (Wildman–Crippen LogP) is 6.66. The summed E-state index contributed by atoms with van der Waals surface area (Å²) >= 11 is 0. The van der Waals surface area contributed by atoms with Crippen LogP contribution in [0, 0.1) is 0 Å². The Morgan fingerprint density at radius 2 is 0.476 bits per heavy atom. The fourth-order valence-corrected chi connectivity index (χ4v) is 2.96. The fourth-order valence-electron chi connectivity index (χ4n) is 2.24. The summed E-state index contributed by atoms with van der Waals surface area (Å²) in [5.41, 5.74) is 0. The van der Waals surface area contributed by atoms with Crippen LogP contribution in [0.5, 0.6) is 0 Å². The molecule has 1 atom stereocenters. The Balaban J connectivity index is 0. The molecule has 0 aromatic heterocycles. The minimum absolute atomic E-state index is 0. The summed E-state index contributed by atoms with van der Waals surface area (Å²) in [7, 11) is -9.00. The zero-order valence-corrected chi connectivity index (χ0v) is 20.8. The van der Waals surface area contributed by atoms with E-state index in [1.807, 2.05) is 0 Å². The molecule has 0 saturated carbocycles. The molecule has 0 amide bonds. The first kappa shape index (κ1) is 43.5. The van der Waals surface area contributed by atoms with Crippen molar-refractivity contribution in [3.8, 4) is 0 Å². The minimum atomic E-state index is -9.80. The van der Waals surface area contributed by atoms with E-state index in [4.69, 9.17) is 0 Å². The molecule has 0 rings (SSSR count). The standard InChI is InChI=1S/C12HF25O3S.Ca/c13-1(14,3(17,18)5(21,22)7(25,26)9(29,30)11(32,33)34)2(15,16)4(19,20)6(23,24)8(27,28)10(31,12(35,36)37)41(38,39)40;/h(H,38,39,40);/q;+2/p-1. The maximum Gasteiger partial charge on any atom is 2.00 e. The van der Waals surface area contributed by atoms with Crippen molar-refractivity contribution >= 4 is 47.9 Å². The van der Waals surface area contributed by atoms with Crippen LogP contribution in [0.4, 0.5) is 110 Å². The molecular weight excluding hydrogens is 739 g/mol. The molecule has 1 unspecified atom stereocenters. The third-order valence-corrected chi connectivity index (χ3v) is 5.80. The van der Waals surface area contributed by atoms with E-state index in [0.717, 1.165) is 0 Å². The van der Waals surface area contributed by atoms with Gasteiger partial charge in [0.25, 0.3) is 0 Å². The monoisotopic (exact) mass is 739 g/mol. The Labute approximate surface area is 241 Å². The van der Waals surface area contributed by atoms with Gasteiger partial charge in [-0.2, -0.15) is 105 Å². The minimum Gasteiger partial charge on any atom is -0.745 e. The summed E-state index contributed by atoms with van der Waals surface area (Å²) in [5.74, 6) is -85.4. The average Bonchev–Trinajstić information content (AvgIpc) is 2.69. The molecule has 0 fully saturated rings. The van der Waals surface area contributed by atoms with Crippen LogP contribution in [0.2, 0.25) is 0 Å². The zero-order valence-electron chi connectivity index (χ0n) is 17.8. The third-order valence-electron chi connectivity index (χ3n) is 4.62. The van der Waals surface area contributed by atoms with Gasteiger partial charge in [-0.25, -0.2) is 12.8 Å². The summed E-state index contributed by atoms with van der Waals surface area (Å²) in [6, 6.07) is 0. The second kappa shape index (κ2) is 10.5.